The van der Waals surface area contributed by atoms with Gasteiger partial charge in [0.25, 0.3) is 0 Å². The molecule has 1 atom stereocenters. The van der Waals surface area contributed by atoms with E-state index in [-0.39, 0.29) is 24.0 Å². The van der Waals surface area contributed by atoms with Crippen LogP contribution in [-0.4, -0.2) is 31.1 Å². The highest BCUT2D eigenvalue weighted by molar-refractivity contribution is 5.85. The van der Waals surface area contributed by atoms with Crippen molar-refractivity contribution in [2.75, 3.05) is 26.2 Å². The topological polar surface area (TPSA) is 15.3 Å². The van der Waals surface area contributed by atoms with E-state index in [0.29, 0.717) is 19.5 Å². The summed E-state index contributed by atoms with van der Waals surface area (Å²) in [4.78, 5) is 2.05. The zero-order valence-corrected chi connectivity index (χ0v) is 14.7. The number of unbranched alkanes of at least 4 members (excludes halogenated alkanes) is 2. The molecule has 1 aromatic carbocycles. The van der Waals surface area contributed by atoms with Crippen molar-refractivity contribution in [2.24, 2.45) is 0 Å². The lowest BCUT2D eigenvalue weighted by Crippen LogP contribution is -2.45. The molecule has 24 heavy (non-hydrogen) atoms. The monoisotopic (exact) mass is 368 g/mol. The van der Waals surface area contributed by atoms with E-state index in [2.05, 4.69) is 17.1 Å². The molecule has 2 rings (SSSR count). The van der Waals surface area contributed by atoms with E-state index in [1.807, 2.05) is 0 Å². The summed E-state index contributed by atoms with van der Waals surface area (Å²) in [6.07, 6.45) is -1.22. The molecule has 138 valence electrons. The maximum absolute atomic E-state index is 13.9. The first-order valence-corrected chi connectivity index (χ1v) is 8.25. The number of hydrogen-bond acceptors (Lipinski definition) is 2. The number of halogens is 5. The van der Waals surface area contributed by atoms with Crippen molar-refractivity contribution >= 4 is 12.4 Å². The molecule has 0 aromatic heterocycles. The molecule has 0 saturated carbocycles. The van der Waals surface area contributed by atoms with Gasteiger partial charge in [0.1, 0.15) is 5.82 Å². The molecule has 0 spiro atoms. The summed E-state index contributed by atoms with van der Waals surface area (Å²) in [6.45, 7) is 4.93. The average Bonchev–Trinajstić information content (AvgIpc) is 2.51. The SMILES string of the molecule is CCCCC[C@H](c1cccc(F)c1C(F)(F)F)N1CCNCC1.Cl. The van der Waals surface area contributed by atoms with E-state index < -0.39 is 17.6 Å². The fraction of sp³-hybridized carbons (Fsp3) is 0.647. The van der Waals surface area contributed by atoms with Crippen LogP contribution in [0.2, 0.25) is 0 Å². The summed E-state index contributed by atoms with van der Waals surface area (Å²) in [7, 11) is 0. The van der Waals surface area contributed by atoms with Crippen molar-refractivity contribution in [1.29, 1.82) is 0 Å². The van der Waals surface area contributed by atoms with Crippen LogP contribution in [-0.2, 0) is 6.18 Å². The largest absolute Gasteiger partial charge is 0.419 e. The van der Waals surface area contributed by atoms with Gasteiger partial charge in [0.2, 0.25) is 0 Å². The molecule has 0 unspecified atom stereocenters. The van der Waals surface area contributed by atoms with Crippen LogP contribution < -0.4 is 5.32 Å². The van der Waals surface area contributed by atoms with E-state index in [4.69, 9.17) is 0 Å². The number of hydrogen-bond donors (Lipinski definition) is 1. The van der Waals surface area contributed by atoms with E-state index in [9.17, 15) is 17.6 Å². The second kappa shape index (κ2) is 9.59. The molecule has 1 aliphatic rings. The second-order valence-electron chi connectivity index (χ2n) is 6.00. The Labute approximate surface area is 147 Å². The van der Waals surface area contributed by atoms with Crippen LogP contribution in [0.25, 0.3) is 0 Å². The molecule has 1 aliphatic heterocycles. The van der Waals surface area contributed by atoms with Crippen molar-refractivity contribution in [3.8, 4) is 0 Å². The molecular weight excluding hydrogens is 344 g/mol. The summed E-state index contributed by atoms with van der Waals surface area (Å²) >= 11 is 0. The Hall–Kier alpha value is -0.850. The van der Waals surface area contributed by atoms with Crippen molar-refractivity contribution in [1.82, 2.24) is 10.2 Å². The number of nitrogens with zero attached hydrogens (tertiary/aromatic N) is 1. The van der Waals surface area contributed by atoms with E-state index in [0.717, 1.165) is 38.4 Å². The molecule has 2 nitrogen and oxygen atoms in total. The average molecular weight is 369 g/mol. The second-order valence-corrected chi connectivity index (χ2v) is 6.00. The van der Waals surface area contributed by atoms with Gasteiger partial charge in [-0.15, -0.1) is 12.4 Å². The lowest BCUT2D eigenvalue weighted by Gasteiger charge is -2.36. The summed E-state index contributed by atoms with van der Waals surface area (Å²) in [6, 6.07) is 3.34. The summed E-state index contributed by atoms with van der Waals surface area (Å²) in [5, 5.41) is 3.21. The first-order chi connectivity index (χ1) is 10.9. The summed E-state index contributed by atoms with van der Waals surface area (Å²) < 4.78 is 54.0. The fourth-order valence-corrected chi connectivity index (χ4v) is 3.23. The summed E-state index contributed by atoms with van der Waals surface area (Å²) in [5.41, 5.74) is -1.02. The van der Waals surface area contributed by atoms with E-state index in [1.165, 1.54) is 12.1 Å². The number of benzene rings is 1. The minimum atomic E-state index is -4.67. The van der Waals surface area contributed by atoms with Gasteiger partial charge in [-0.2, -0.15) is 13.2 Å². The third-order valence-electron chi connectivity index (χ3n) is 4.36. The van der Waals surface area contributed by atoms with Gasteiger partial charge in [-0.1, -0.05) is 38.3 Å². The van der Waals surface area contributed by atoms with Crippen molar-refractivity contribution in [3.63, 3.8) is 0 Å². The summed E-state index contributed by atoms with van der Waals surface area (Å²) in [5.74, 6) is -1.18. The highest BCUT2D eigenvalue weighted by Crippen LogP contribution is 2.39. The number of nitrogens with one attached hydrogen (secondary N) is 1. The van der Waals surface area contributed by atoms with Gasteiger partial charge < -0.3 is 5.32 Å². The first kappa shape index (κ1) is 21.2. The zero-order chi connectivity index (χ0) is 16.9. The third-order valence-corrected chi connectivity index (χ3v) is 4.36. The maximum Gasteiger partial charge on any atom is 0.419 e. The molecule has 1 saturated heterocycles. The first-order valence-electron chi connectivity index (χ1n) is 8.25. The molecule has 1 N–H and O–H groups in total. The normalized spacial score (nSPS) is 17.4. The standard InChI is InChI=1S/C17H24F4N2.ClH/c1-2-3-4-8-15(23-11-9-22-10-12-23)13-6-5-7-14(18)16(13)17(19,20)21;/h5-7,15,22H,2-4,8-12H2,1H3;1H/t15-;/m1./s1. The molecule has 7 heteroatoms. The number of alkyl halides is 3. The predicted molar refractivity (Wildman–Crippen MR) is 90.0 cm³/mol. The van der Waals surface area contributed by atoms with Crippen LogP contribution in [0, 0.1) is 5.82 Å². The van der Waals surface area contributed by atoms with Crippen LogP contribution in [0.4, 0.5) is 17.6 Å². The third kappa shape index (κ3) is 5.33. The molecule has 0 radical (unpaired) electrons. The quantitative estimate of drug-likeness (QED) is 0.573. The van der Waals surface area contributed by atoms with Gasteiger partial charge >= 0.3 is 6.18 Å². The maximum atomic E-state index is 13.9. The molecule has 1 fully saturated rings. The van der Waals surface area contributed by atoms with Gasteiger partial charge in [0.05, 0.1) is 5.56 Å². The molecule has 0 bridgehead atoms. The van der Waals surface area contributed by atoms with Gasteiger partial charge in [-0.3, -0.25) is 4.90 Å². The Morgan fingerprint density at radius 3 is 2.42 bits per heavy atom. The van der Waals surface area contributed by atoms with Crippen LogP contribution in [0.5, 0.6) is 0 Å². The van der Waals surface area contributed by atoms with E-state index in [1.54, 1.807) is 0 Å². The van der Waals surface area contributed by atoms with Crippen molar-refractivity contribution in [2.45, 2.75) is 44.8 Å². The highest BCUT2D eigenvalue weighted by Gasteiger charge is 2.39. The lowest BCUT2D eigenvalue weighted by atomic mass is 9.93. The van der Waals surface area contributed by atoms with Crippen molar-refractivity contribution in [3.05, 3.63) is 35.1 Å². The number of rotatable bonds is 6. The lowest BCUT2D eigenvalue weighted by molar-refractivity contribution is -0.141. The molecule has 1 heterocycles. The van der Waals surface area contributed by atoms with Gasteiger partial charge in [0, 0.05) is 32.2 Å². The van der Waals surface area contributed by atoms with Crippen LogP contribution >= 0.6 is 12.4 Å². The molecule has 0 aliphatic carbocycles. The zero-order valence-electron chi connectivity index (χ0n) is 13.8. The Kier molecular flexibility index (Phi) is 8.46. The minimum Gasteiger partial charge on any atom is -0.314 e. The van der Waals surface area contributed by atoms with Crippen LogP contribution in [0.1, 0.15) is 49.8 Å². The Morgan fingerprint density at radius 1 is 1.17 bits per heavy atom. The minimum absolute atomic E-state index is 0. The van der Waals surface area contributed by atoms with Gasteiger partial charge in [0.15, 0.2) is 0 Å². The smallest absolute Gasteiger partial charge is 0.314 e. The Bertz CT molecular complexity index is 502. The Morgan fingerprint density at radius 2 is 1.83 bits per heavy atom. The number of piperazine rings is 1. The van der Waals surface area contributed by atoms with Gasteiger partial charge in [-0.05, 0) is 18.1 Å². The predicted octanol–water partition coefficient (Wildman–Crippen LogP) is 4.79. The fourth-order valence-electron chi connectivity index (χ4n) is 3.23. The van der Waals surface area contributed by atoms with Crippen molar-refractivity contribution < 1.29 is 17.6 Å². The molecule has 1 aromatic rings. The molecular formula is C17H25ClF4N2. The van der Waals surface area contributed by atoms with Crippen LogP contribution in [0.15, 0.2) is 18.2 Å². The Balaban J connectivity index is 0.00000288. The highest BCUT2D eigenvalue weighted by atomic mass is 35.5. The molecule has 0 amide bonds. The van der Waals surface area contributed by atoms with Gasteiger partial charge in [-0.25, -0.2) is 4.39 Å². The van der Waals surface area contributed by atoms with Crippen LogP contribution in [0.3, 0.4) is 0 Å². The van der Waals surface area contributed by atoms with E-state index >= 15 is 0 Å².